The van der Waals surface area contributed by atoms with Crippen LogP contribution < -0.4 is 10.6 Å². The number of piperidine rings is 1. The summed E-state index contributed by atoms with van der Waals surface area (Å²) in [5.74, 6) is 0.884. The quantitative estimate of drug-likeness (QED) is 0.685. The van der Waals surface area contributed by atoms with Crippen LogP contribution in [-0.4, -0.2) is 42.0 Å². The molecule has 5 heteroatoms. The molecule has 0 radical (unpaired) electrons. The average Bonchev–Trinajstić information content (AvgIpc) is 3.02. The van der Waals surface area contributed by atoms with Crippen molar-refractivity contribution in [2.24, 2.45) is 11.8 Å². The maximum Gasteiger partial charge on any atom is 0.408 e. The Morgan fingerprint density at radius 1 is 1.33 bits per heavy atom. The van der Waals surface area contributed by atoms with Gasteiger partial charge in [0.25, 0.3) is 0 Å². The standard InChI is InChI=1S/C13H24N2O3/c1-13(2,3)18-12(17)15-10-7-14-6-9(11(10)16)8-4-5-8/h8-11,14,16H,4-7H2,1-3H3,(H,15,17)/t9-,10-,11-/m1/s1. The number of ether oxygens (including phenoxy) is 1. The molecule has 0 spiro atoms. The Balaban J connectivity index is 1.86. The van der Waals surface area contributed by atoms with Crippen LogP contribution in [0.5, 0.6) is 0 Å². The number of hydrogen-bond donors (Lipinski definition) is 3. The number of carbonyl (C=O) groups is 1. The van der Waals surface area contributed by atoms with Gasteiger partial charge in [-0.3, -0.25) is 0 Å². The Labute approximate surface area is 108 Å². The molecular formula is C13H24N2O3. The van der Waals surface area contributed by atoms with Crippen LogP contribution in [0, 0.1) is 11.8 Å². The summed E-state index contributed by atoms with van der Waals surface area (Å²) in [6, 6.07) is -0.251. The molecule has 2 rings (SSSR count). The van der Waals surface area contributed by atoms with E-state index in [9.17, 15) is 9.90 Å². The highest BCUT2D eigenvalue weighted by Crippen LogP contribution is 2.39. The first-order valence-electron chi connectivity index (χ1n) is 6.75. The Morgan fingerprint density at radius 2 is 2.00 bits per heavy atom. The molecule has 1 aliphatic carbocycles. The number of alkyl carbamates (subject to hydrolysis) is 1. The normalized spacial score (nSPS) is 33.0. The van der Waals surface area contributed by atoms with Gasteiger partial charge in [-0.05, 0) is 39.5 Å². The van der Waals surface area contributed by atoms with Gasteiger partial charge in [0.1, 0.15) is 5.60 Å². The first-order valence-corrected chi connectivity index (χ1v) is 6.75. The van der Waals surface area contributed by atoms with Gasteiger partial charge in [-0.25, -0.2) is 4.79 Å². The third-order valence-corrected chi connectivity index (χ3v) is 3.52. The van der Waals surface area contributed by atoms with Crippen molar-refractivity contribution in [3.05, 3.63) is 0 Å². The van der Waals surface area contributed by atoms with Crippen molar-refractivity contribution in [1.82, 2.24) is 10.6 Å². The topological polar surface area (TPSA) is 70.6 Å². The van der Waals surface area contributed by atoms with Gasteiger partial charge < -0.3 is 20.5 Å². The molecule has 1 aliphatic heterocycles. The second kappa shape index (κ2) is 5.05. The summed E-state index contributed by atoms with van der Waals surface area (Å²) in [7, 11) is 0. The highest BCUT2D eigenvalue weighted by atomic mass is 16.6. The van der Waals surface area contributed by atoms with Gasteiger partial charge in [0.05, 0.1) is 12.1 Å². The van der Waals surface area contributed by atoms with Crippen molar-refractivity contribution in [1.29, 1.82) is 0 Å². The van der Waals surface area contributed by atoms with Crippen LogP contribution in [0.15, 0.2) is 0 Å². The molecule has 1 saturated carbocycles. The fraction of sp³-hybridized carbons (Fsp3) is 0.923. The van der Waals surface area contributed by atoms with E-state index >= 15 is 0 Å². The molecule has 0 aromatic rings. The summed E-state index contributed by atoms with van der Waals surface area (Å²) in [6.07, 6.45) is 1.47. The summed E-state index contributed by atoms with van der Waals surface area (Å²) < 4.78 is 5.21. The minimum absolute atomic E-state index is 0.251. The van der Waals surface area contributed by atoms with Crippen LogP contribution >= 0.6 is 0 Å². The van der Waals surface area contributed by atoms with Crippen molar-refractivity contribution < 1.29 is 14.6 Å². The van der Waals surface area contributed by atoms with E-state index in [2.05, 4.69) is 10.6 Å². The molecule has 5 nitrogen and oxygen atoms in total. The van der Waals surface area contributed by atoms with Crippen molar-refractivity contribution in [3.63, 3.8) is 0 Å². The monoisotopic (exact) mass is 256 g/mol. The molecule has 0 aromatic heterocycles. The molecule has 18 heavy (non-hydrogen) atoms. The third-order valence-electron chi connectivity index (χ3n) is 3.52. The fourth-order valence-electron chi connectivity index (χ4n) is 2.51. The first kappa shape index (κ1) is 13.6. The number of amides is 1. The van der Waals surface area contributed by atoms with E-state index in [1.165, 1.54) is 12.8 Å². The molecule has 0 unspecified atom stereocenters. The SMILES string of the molecule is CC(C)(C)OC(=O)N[C@@H]1CNC[C@H](C2CC2)[C@H]1O. The number of carbonyl (C=O) groups excluding carboxylic acids is 1. The average molecular weight is 256 g/mol. The zero-order chi connectivity index (χ0) is 13.3. The summed E-state index contributed by atoms with van der Waals surface area (Å²) in [5, 5.41) is 16.3. The molecule has 104 valence electrons. The lowest BCUT2D eigenvalue weighted by Crippen LogP contribution is -2.58. The molecule has 2 aliphatic rings. The Bertz CT molecular complexity index is 310. The maximum absolute atomic E-state index is 11.7. The van der Waals surface area contributed by atoms with Gasteiger partial charge in [-0.15, -0.1) is 0 Å². The van der Waals surface area contributed by atoms with Crippen LogP contribution in [0.2, 0.25) is 0 Å². The Morgan fingerprint density at radius 3 is 2.56 bits per heavy atom. The number of hydrogen-bond acceptors (Lipinski definition) is 4. The maximum atomic E-state index is 11.7. The molecule has 1 amide bonds. The predicted octanol–water partition coefficient (Wildman–Crippen LogP) is 0.870. The minimum Gasteiger partial charge on any atom is -0.444 e. The van der Waals surface area contributed by atoms with Gasteiger partial charge in [0.2, 0.25) is 0 Å². The van der Waals surface area contributed by atoms with Gasteiger partial charge in [0, 0.05) is 19.0 Å². The van der Waals surface area contributed by atoms with Gasteiger partial charge in [-0.1, -0.05) is 0 Å². The molecular weight excluding hydrogens is 232 g/mol. The Hall–Kier alpha value is -0.810. The van der Waals surface area contributed by atoms with Gasteiger partial charge in [0.15, 0.2) is 0 Å². The van der Waals surface area contributed by atoms with E-state index in [1.54, 1.807) is 0 Å². The molecule has 2 fully saturated rings. The van der Waals surface area contributed by atoms with E-state index in [0.29, 0.717) is 12.5 Å². The zero-order valence-corrected chi connectivity index (χ0v) is 11.4. The highest BCUT2D eigenvalue weighted by Gasteiger charge is 2.41. The van der Waals surface area contributed by atoms with Crippen LogP contribution in [0.25, 0.3) is 0 Å². The fourth-order valence-corrected chi connectivity index (χ4v) is 2.51. The minimum atomic E-state index is -0.507. The summed E-state index contributed by atoms with van der Waals surface area (Å²) >= 11 is 0. The van der Waals surface area contributed by atoms with E-state index in [-0.39, 0.29) is 12.0 Å². The van der Waals surface area contributed by atoms with Gasteiger partial charge in [-0.2, -0.15) is 0 Å². The lowest BCUT2D eigenvalue weighted by atomic mass is 9.88. The summed E-state index contributed by atoms with van der Waals surface area (Å²) in [5.41, 5.74) is -0.507. The van der Waals surface area contributed by atoms with E-state index < -0.39 is 17.8 Å². The van der Waals surface area contributed by atoms with Crippen molar-refractivity contribution in [3.8, 4) is 0 Å². The van der Waals surface area contributed by atoms with E-state index in [1.807, 2.05) is 20.8 Å². The Kier molecular flexibility index (Phi) is 3.82. The second-order valence-corrected chi connectivity index (χ2v) is 6.40. The largest absolute Gasteiger partial charge is 0.444 e. The lowest BCUT2D eigenvalue weighted by Gasteiger charge is -2.36. The molecule has 0 aromatic carbocycles. The third kappa shape index (κ3) is 3.59. The lowest BCUT2D eigenvalue weighted by molar-refractivity contribution is 0.0180. The molecule has 3 N–H and O–H groups in total. The molecule has 3 atom stereocenters. The first-order chi connectivity index (χ1) is 8.37. The van der Waals surface area contributed by atoms with Crippen LogP contribution in [0.4, 0.5) is 4.79 Å². The molecule has 0 bridgehead atoms. The predicted molar refractivity (Wildman–Crippen MR) is 68.2 cm³/mol. The zero-order valence-electron chi connectivity index (χ0n) is 11.4. The smallest absolute Gasteiger partial charge is 0.408 e. The highest BCUT2D eigenvalue weighted by molar-refractivity contribution is 5.68. The van der Waals surface area contributed by atoms with E-state index in [4.69, 9.17) is 4.74 Å². The van der Waals surface area contributed by atoms with Crippen molar-refractivity contribution >= 4 is 6.09 Å². The van der Waals surface area contributed by atoms with Crippen LogP contribution in [0.1, 0.15) is 33.6 Å². The number of aliphatic hydroxyl groups excluding tert-OH is 1. The summed E-state index contributed by atoms with van der Waals surface area (Å²) in [6.45, 7) is 6.93. The van der Waals surface area contributed by atoms with Crippen LogP contribution in [-0.2, 0) is 4.74 Å². The molecule has 1 heterocycles. The van der Waals surface area contributed by atoms with Crippen molar-refractivity contribution in [2.45, 2.75) is 51.4 Å². The van der Waals surface area contributed by atoms with Gasteiger partial charge >= 0.3 is 6.09 Å². The van der Waals surface area contributed by atoms with Crippen molar-refractivity contribution in [2.75, 3.05) is 13.1 Å². The number of rotatable bonds is 2. The summed E-state index contributed by atoms with van der Waals surface area (Å²) in [4.78, 5) is 11.7. The number of nitrogens with one attached hydrogen (secondary N) is 2. The molecule has 1 saturated heterocycles. The van der Waals surface area contributed by atoms with Crippen LogP contribution in [0.3, 0.4) is 0 Å². The number of aliphatic hydroxyl groups is 1. The van der Waals surface area contributed by atoms with E-state index in [0.717, 1.165) is 6.54 Å². The second-order valence-electron chi connectivity index (χ2n) is 6.40.